The summed E-state index contributed by atoms with van der Waals surface area (Å²) in [5.74, 6) is -1.64. The number of hydrogen-bond acceptors (Lipinski definition) is 14. The van der Waals surface area contributed by atoms with Crippen LogP contribution in [-0.4, -0.2) is 95.9 Å². The van der Waals surface area contributed by atoms with Gasteiger partial charge in [-0.2, -0.15) is 0 Å². The average molecular weight is 1480 g/mol. The largest absolute Gasteiger partial charge is 0.472 e. The standard InChI is InChI=1S/C85H138O16P2/c1-4-7-10-13-16-19-22-25-28-31-34-37-39-42-44-47-50-53-56-59-62-65-68-71-83(88)95-74-80(86)75-97-102(91,92)98-76-81(87)77-99-103(93,94)100-79-82(101-85(90)73-70-67-64-61-58-55-52-49-46-41-36-33-30-27-24-21-18-15-12-9-6-3)78-96-84(89)72-69-66-63-60-57-54-51-48-45-43-40-38-35-32-29-26-23-20-17-14-11-8-5-2/h7,9-10,12,16-21,25-30,34-38,41-45,49-50,52-53,80-82,86-87H,4-6,8,11,13-15,22-24,31-33,39-40,46-48,51,54-79H2,1-3H3,(H,91,92)(H,93,94)/b10-7-,12-9-,19-16-,20-17-,21-18-,28-25-,29-26-,30-27-,37-34-,38-35-,41-36-,44-42-,45-43-,52-49-,53-50-. The molecule has 0 aromatic rings. The number of phosphoric acid groups is 2. The lowest BCUT2D eigenvalue weighted by Gasteiger charge is -2.21. The summed E-state index contributed by atoms with van der Waals surface area (Å²) >= 11 is 0. The molecule has 16 nitrogen and oxygen atoms in total. The lowest BCUT2D eigenvalue weighted by Crippen LogP contribution is -2.30. The van der Waals surface area contributed by atoms with Gasteiger partial charge >= 0.3 is 33.6 Å². The molecule has 0 radical (unpaired) electrons. The normalized spacial score (nSPS) is 15.0. The number of esters is 3. The Balaban J connectivity index is 4.79. The Morgan fingerprint density at radius 3 is 0.816 bits per heavy atom. The van der Waals surface area contributed by atoms with E-state index in [2.05, 4.69) is 203 Å². The Morgan fingerprint density at radius 1 is 0.282 bits per heavy atom. The number of phosphoric ester groups is 2. The number of carbonyl (C=O) groups is 3. The first kappa shape index (κ1) is 97.7. The molecule has 103 heavy (non-hydrogen) atoms. The van der Waals surface area contributed by atoms with E-state index in [1.807, 2.05) is 0 Å². The first-order chi connectivity index (χ1) is 50.2. The van der Waals surface area contributed by atoms with Crippen molar-refractivity contribution >= 4 is 33.6 Å². The third kappa shape index (κ3) is 77.6. The van der Waals surface area contributed by atoms with Crippen LogP contribution in [0.4, 0.5) is 0 Å². The number of ether oxygens (including phenoxy) is 3. The minimum atomic E-state index is -4.95. The molecule has 5 unspecified atom stereocenters. The van der Waals surface area contributed by atoms with Gasteiger partial charge in [0, 0.05) is 19.3 Å². The minimum absolute atomic E-state index is 0.0716. The summed E-state index contributed by atoms with van der Waals surface area (Å²) in [6, 6.07) is 0. The zero-order valence-electron chi connectivity index (χ0n) is 63.7. The average Bonchev–Trinajstić information content (AvgIpc) is 0.922. The molecule has 0 aromatic heterocycles. The van der Waals surface area contributed by atoms with Crippen molar-refractivity contribution in [2.24, 2.45) is 0 Å². The van der Waals surface area contributed by atoms with Crippen LogP contribution in [0.5, 0.6) is 0 Å². The molecule has 0 fully saturated rings. The fourth-order valence-electron chi connectivity index (χ4n) is 9.70. The first-order valence-electron chi connectivity index (χ1n) is 39.1. The monoisotopic (exact) mass is 1480 g/mol. The van der Waals surface area contributed by atoms with Crippen LogP contribution in [-0.2, 0) is 55.8 Å². The predicted molar refractivity (Wildman–Crippen MR) is 426 cm³/mol. The van der Waals surface area contributed by atoms with E-state index in [0.717, 1.165) is 193 Å². The molecule has 0 amide bonds. The highest BCUT2D eigenvalue weighted by atomic mass is 31.2. The van der Waals surface area contributed by atoms with Crippen molar-refractivity contribution in [1.29, 1.82) is 0 Å². The van der Waals surface area contributed by atoms with Crippen molar-refractivity contribution in [2.45, 2.75) is 296 Å². The lowest BCUT2D eigenvalue weighted by atomic mass is 10.1. The van der Waals surface area contributed by atoms with Gasteiger partial charge in [-0.25, -0.2) is 9.13 Å². The summed E-state index contributed by atoms with van der Waals surface area (Å²) in [4.78, 5) is 58.7. The van der Waals surface area contributed by atoms with Gasteiger partial charge in [-0.3, -0.25) is 32.5 Å². The van der Waals surface area contributed by atoms with Crippen molar-refractivity contribution in [3.05, 3.63) is 182 Å². The molecule has 4 N–H and O–H groups in total. The summed E-state index contributed by atoms with van der Waals surface area (Å²) in [6.07, 6.45) is 97.7. The molecule has 0 spiro atoms. The number of carbonyl (C=O) groups excluding carboxylic acids is 3. The molecular formula is C85H138O16P2. The zero-order chi connectivity index (χ0) is 75.2. The van der Waals surface area contributed by atoms with Gasteiger partial charge in [-0.15, -0.1) is 0 Å². The molecule has 0 aliphatic carbocycles. The topological polar surface area (TPSA) is 231 Å². The van der Waals surface area contributed by atoms with Crippen LogP contribution in [0.2, 0.25) is 0 Å². The summed E-state index contributed by atoms with van der Waals surface area (Å²) < 4.78 is 61.1. The Bertz CT molecular complexity index is 2600. The Labute approximate surface area is 624 Å². The van der Waals surface area contributed by atoms with Crippen molar-refractivity contribution in [2.75, 3.05) is 39.6 Å². The molecule has 0 bridgehead atoms. The molecule has 0 aromatic carbocycles. The summed E-state index contributed by atoms with van der Waals surface area (Å²) in [7, 11) is -9.83. The maximum absolute atomic E-state index is 13.0. The van der Waals surface area contributed by atoms with Crippen LogP contribution in [0.1, 0.15) is 278 Å². The molecule has 0 heterocycles. The van der Waals surface area contributed by atoms with Gasteiger partial charge in [-0.1, -0.05) is 280 Å². The second-order valence-corrected chi connectivity index (χ2v) is 28.3. The highest BCUT2D eigenvalue weighted by Gasteiger charge is 2.29. The number of hydrogen-bond donors (Lipinski definition) is 4. The molecule has 5 atom stereocenters. The van der Waals surface area contributed by atoms with E-state index in [0.29, 0.717) is 19.3 Å². The third-order valence-corrected chi connectivity index (χ3v) is 17.5. The molecule has 0 saturated heterocycles. The minimum Gasteiger partial charge on any atom is -0.463 e. The highest BCUT2D eigenvalue weighted by Crippen LogP contribution is 2.45. The number of rotatable bonds is 72. The lowest BCUT2D eigenvalue weighted by molar-refractivity contribution is -0.161. The molecule has 0 aliphatic heterocycles. The van der Waals surface area contributed by atoms with E-state index in [1.54, 1.807) is 0 Å². The number of unbranched alkanes of at least 4 members (excludes halogenated alkanes) is 19. The molecule has 18 heteroatoms. The second-order valence-electron chi connectivity index (χ2n) is 25.4. The van der Waals surface area contributed by atoms with Crippen LogP contribution in [0.3, 0.4) is 0 Å². The van der Waals surface area contributed by atoms with Gasteiger partial charge in [0.05, 0.1) is 26.4 Å². The van der Waals surface area contributed by atoms with E-state index in [1.165, 1.54) is 25.7 Å². The highest BCUT2D eigenvalue weighted by molar-refractivity contribution is 7.47. The second kappa shape index (κ2) is 76.3. The van der Waals surface area contributed by atoms with Crippen LogP contribution in [0, 0.1) is 0 Å². The molecular weight excluding hydrogens is 1340 g/mol. The number of aliphatic hydroxyl groups is 2. The van der Waals surface area contributed by atoms with Crippen LogP contribution < -0.4 is 0 Å². The fraction of sp³-hybridized carbons (Fsp3) is 0.612. The number of allylic oxidation sites excluding steroid dienone is 30. The van der Waals surface area contributed by atoms with E-state index in [4.69, 9.17) is 32.3 Å². The molecule has 0 rings (SSSR count). The smallest absolute Gasteiger partial charge is 0.463 e. The van der Waals surface area contributed by atoms with Gasteiger partial charge in [0.2, 0.25) is 0 Å². The Kier molecular flexibility index (Phi) is 72.3. The van der Waals surface area contributed by atoms with Crippen molar-refractivity contribution < 1.29 is 75.8 Å². The van der Waals surface area contributed by atoms with E-state index in [9.17, 15) is 43.5 Å². The van der Waals surface area contributed by atoms with E-state index < -0.39 is 91.5 Å². The molecule has 0 saturated carbocycles. The quantitative estimate of drug-likeness (QED) is 0.0146. The van der Waals surface area contributed by atoms with E-state index in [-0.39, 0.29) is 19.3 Å². The van der Waals surface area contributed by atoms with Gasteiger partial charge in [-0.05, 0) is 161 Å². The van der Waals surface area contributed by atoms with Crippen molar-refractivity contribution in [3.8, 4) is 0 Å². The maximum atomic E-state index is 13.0. The predicted octanol–water partition coefficient (Wildman–Crippen LogP) is 23.0. The van der Waals surface area contributed by atoms with Crippen molar-refractivity contribution in [3.63, 3.8) is 0 Å². The fourth-order valence-corrected chi connectivity index (χ4v) is 11.3. The van der Waals surface area contributed by atoms with Gasteiger partial charge in [0.25, 0.3) is 0 Å². The Morgan fingerprint density at radius 2 is 0.515 bits per heavy atom. The van der Waals surface area contributed by atoms with Crippen LogP contribution in [0.15, 0.2) is 182 Å². The third-order valence-electron chi connectivity index (χ3n) is 15.6. The summed E-state index contributed by atoms with van der Waals surface area (Å²) in [5.41, 5.74) is 0. The van der Waals surface area contributed by atoms with Gasteiger partial charge < -0.3 is 34.2 Å². The molecule has 584 valence electrons. The maximum Gasteiger partial charge on any atom is 0.472 e. The van der Waals surface area contributed by atoms with E-state index >= 15 is 0 Å². The SMILES string of the molecule is CC/C=C\C/C=C\C/C=C\C/C=C\C/C=C\C/C=C\CCCCCCC(=O)OCC(O)COP(=O)(O)OCC(O)COP(=O)(O)OCC(COC(=O)CCCCCCCCC/C=C\C/C=C\C/C=C\C/C=C\CCCCC)OC(=O)CCCCCCC/C=C\C/C=C\C/C=C\C/C=C\C/C=C\CC. The van der Waals surface area contributed by atoms with Gasteiger partial charge in [0.15, 0.2) is 6.10 Å². The summed E-state index contributed by atoms with van der Waals surface area (Å²) in [6.45, 7) is 2.34. The number of aliphatic hydroxyl groups excluding tert-OH is 2. The van der Waals surface area contributed by atoms with Gasteiger partial charge in [0.1, 0.15) is 25.4 Å². The zero-order valence-corrected chi connectivity index (χ0v) is 65.5. The van der Waals surface area contributed by atoms with Crippen LogP contribution in [0.25, 0.3) is 0 Å². The molecule has 0 aliphatic rings. The first-order valence-corrected chi connectivity index (χ1v) is 42.1. The van der Waals surface area contributed by atoms with Crippen molar-refractivity contribution in [1.82, 2.24) is 0 Å². The van der Waals surface area contributed by atoms with Crippen LogP contribution >= 0.6 is 15.6 Å². The summed E-state index contributed by atoms with van der Waals surface area (Å²) in [5, 5.41) is 20.6. The Hall–Kier alpha value is -5.35.